The van der Waals surface area contributed by atoms with Gasteiger partial charge in [0.05, 0.1) is 0 Å². The van der Waals surface area contributed by atoms with Crippen molar-refractivity contribution in [3.63, 3.8) is 0 Å². The van der Waals surface area contributed by atoms with Crippen LogP contribution in [0.5, 0.6) is 0 Å². The van der Waals surface area contributed by atoms with E-state index in [1.165, 1.54) is 11.1 Å². The summed E-state index contributed by atoms with van der Waals surface area (Å²) in [6, 6.07) is 10.5. The molecule has 0 saturated heterocycles. The lowest BCUT2D eigenvalue weighted by Gasteiger charge is -2.03. The van der Waals surface area contributed by atoms with Gasteiger partial charge in [-0.15, -0.1) is 0 Å². The zero-order valence-corrected chi connectivity index (χ0v) is 14.9. The molecular weight excluding hydrogens is 252 g/mol. The summed E-state index contributed by atoms with van der Waals surface area (Å²) in [4.78, 5) is 0. The quantitative estimate of drug-likeness (QED) is 0.494. The standard InChI is InChI=1S/C17H22.2C2H6/c1-4-9-16(13-8-10-15(2)3)14-17-11-6-5-7-12-17;2*1-2/h4-9,11-13,15H,1,10,14H2,2-3H3;2*1-2H3/b13-8-,16-9+;;. The lowest BCUT2D eigenvalue weighted by atomic mass is 10.0. The molecule has 0 aliphatic carbocycles. The number of allylic oxidation sites excluding steroid dienone is 5. The Bertz CT molecular complexity index is 380. The van der Waals surface area contributed by atoms with E-state index in [1.807, 2.05) is 33.8 Å². The molecule has 0 aliphatic rings. The lowest BCUT2D eigenvalue weighted by Crippen LogP contribution is -1.88. The normalized spacial score (nSPS) is 10.5. The highest BCUT2D eigenvalue weighted by Crippen LogP contribution is 2.11. The van der Waals surface area contributed by atoms with Crippen molar-refractivity contribution in [2.75, 3.05) is 0 Å². The summed E-state index contributed by atoms with van der Waals surface area (Å²) in [5.74, 6) is 0.716. The maximum absolute atomic E-state index is 3.78. The second kappa shape index (κ2) is 16.5. The lowest BCUT2D eigenvalue weighted by molar-refractivity contribution is 0.663. The third-order valence-corrected chi connectivity index (χ3v) is 2.52. The van der Waals surface area contributed by atoms with E-state index >= 15 is 0 Å². The van der Waals surface area contributed by atoms with Gasteiger partial charge in [0.25, 0.3) is 0 Å². The highest BCUT2D eigenvalue weighted by atomic mass is 14.0. The molecule has 0 heterocycles. The third kappa shape index (κ3) is 13.2. The Kier molecular flexibility index (Phi) is 17.1. The van der Waals surface area contributed by atoms with Crippen molar-refractivity contribution in [3.8, 4) is 0 Å². The van der Waals surface area contributed by atoms with Crippen LogP contribution in [0.1, 0.15) is 53.5 Å². The summed E-state index contributed by atoms with van der Waals surface area (Å²) >= 11 is 0. The van der Waals surface area contributed by atoms with Crippen LogP contribution in [0.3, 0.4) is 0 Å². The Labute approximate surface area is 133 Å². The van der Waals surface area contributed by atoms with E-state index < -0.39 is 0 Å². The number of hydrogen-bond donors (Lipinski definition) is 0. The number of benzene rings is 1. The fourth-order valence-corrected chi connectivity index (χ4v) is 1.65. The maximum atomic E-state index is 3.78. The summed E-state index contributed by atoms with van der Waals surface area (Å²) in [6.45, 7) is 16.2. The fraction of sp³-hybridized carbons (Fsp3) is 0.429. The third-order valence-electron chi connectivity index (χ3n) is 2.52. The van der Waals surface area contributed by atoms with Crippen molar-refractivity contribution >= 4 is 0 Å². The first-order valence-corrected chi connectivity index (χ1v) is 8.24. The molecule has 118 valence electrons. The van der Waals surface area contributed by atoms with Gasteiger partial charge >= 0.3 is 0 Å². The largest absolute Gasteiger partial charge is 0.0991 e. The highest BCUT2D eigenvalue weighted by molar-refractivity contribution is 5.30. The van der Waals surface area contributed by atoms with Gasteiger partial charge in [0.2, 0.25) is 0 Å². The molecule has 0 amide bonds. The van der Waals surface area contributed by atoms with Crippen LogP contribution in [-0.4, -0.2) is 0 Å². The molecule has 0 aromatic heterocycles. The Morgan fingerprint density at radius 3 is 2.10 bits per heavy atom. The average Bonchev–Trinajstić information content (AvgIpc) is 2.52. The van der Waals surface area contributed by atoms with E-state index in [4.69, 9.17) is 0 Å². The van der Waals surface area contributed by atoms with Crippen molar-refractivity contribution < 1.29 is 0 Å². The Hall–Kier alpha value is -1.56. The van der Waals surface area contributed by atoms with Gasteiger partial charge in [-0.25, -0.2) is 0 Å². The molecule has 0 N–H and O–H groups in total. The van der Waals surface area contributed by atoms with Crippen LogP contribution in [0.15, 0.2) is 66.8 Å². The number of hydrogen-bond acceptors (Lipinski definition) is 0. The van der Waals surface area contributed by atoms with Gasteiger partial charge in [-0.05, 0) is 29.9 Å². The molecule has 21 heavy (non-hydrogen) atoms. The minimum Gasteiger partial charge on any atom is -0.0991 e. The van der Waals surface area contributed by atoms with Crippen LogP contribution < -0.4 is 0 Å². The second-order valence-corrected chi connectivity index (χ2v) is 4.67. The average molecular weight is 287 g/mol. The van der Waals surface area contributed by atoms with Gasteiger partial charge in [0, 0.05) is 0 Å². The first-order chi connectivity index (χ1) is 10.2. The van der Waals surface area contributed by atoms with Crippen molar-refractivity contribution in [2.24, 2.45) is 5.92 Å². The molecule has 0 fully saturated rings. The summed E-state index contributed by atoms with van der Waals surface area (Å²) in [5, 5.41) is 0. The van der Waals surface area contributed by atoms with Crippen LogP contribution >= 0.6 is 0 Å². The molecule has 1 aromatic rings. The van der Waals surface area contributed by atoms with E-state index in [0.29, 0.717) is 5.92 Å². The first-order valence-electron chi connectivity index (χ1n) is 8.24. The Morgan fingerprint density at radius 2 is 1.62 bits per heavy atom. The maximum Gasteiger partial charge on any atom is -0.00259 e. The van der Waals surface area contributed by atoms with Gasteiger partial charge in [-0.2, -0.15) is 0 Å². The predicted molar refractivity (Wildman–Crippen MR) is 99.7 cm³/mol. The Morgan fingerprint density at radius 1 is 1.05 bits per heavy atom. The smallest absolute Gasteiger partial charge is 0.00259 e. The molecule has 1 rings (SSSR count). The molecule has 0 nitrogen and oxygen atoms in total. The molecule has 1 aromatic carbocycles. The van der Waals surface area contributed by atoms with E-state index in [-0.39, 0.29) is 0 Å². The molecule has 0 heteroatoms. The van der Waals surface area contributed by atoms with Crippen LogP contribution in [-0.2, 0) is 6.42 Å². The summed E-state index contributed by atoms with van der Waals surface area (Å²) in [6.07, 6.45) is 10.5. The van der Waals surface area contributed by atoms with Gasteiger partial charge in [-0.1, -0.05) is 103 Å². The SMILES string of the molecule is C=C/C=C(\C=C/CC(C)C)Cc1ccccc1.CC.CC. The van der Waals surface area contributed by atoms with E-state index in [0.717, 1.165) is 12.8 Å². The highest BCUT2D eigenvalue weighted by Gasteiger charge is 1.95. The summed E-state index contributed by atoms with van der Waals surface area (Å²) < 4.78 is 0. The minimum atomic E-state index is 0.716. The van der Waals surface area contributed by atoms with Crippen LogP contribution in [0, 0.1) is 5.92 Å². The molecule has 0 unspecified atom stereocenters. The van der Waals surface area contributed by atoms with E-state index in [9.17, 15) is 0 Å². The topological polar surface area (TPSA) is 0 Å². The second-order valence-electron chi connectivity index (χ2n) is 4.67. The van der Waals surface area contributed by atoms with Crippen LogP contribution in [0.2, 0.25) is 0 Å². The Balaban J connectivity index is 0. The molecule has 0 saturated carbocycles. The molecule has 0 radical (unpaired) electrons. The predicted octanol–water partition coefficient (Wildman–Crippen LogP) is 7.00. The van der Waals surface area contributed by atoms with Crippen molar-refractivity contribution in [1.29, 1.82) is 0 Å². The molecular formula is C21H34. The first kappa shape index (κ1) is 21.7. The summed E-state index contributed by atoms with van der Waals surface area (Å²) in [5.41, 5.74) is 2.65. The molecule has 0 aliphatic heterocycles. The number of rotatable bonds is 6. The minimum absolute atomic E-state index is 0.716. The van der Waals surface area contributed by atoms with Crippen molar-refractivity contribution in [2.45, 2.75) is 54.4 Å². The fourth-order valence-electron chi connectivity index (χ4n) is 1.65. The van der Waals surface area contributed by atoms with Gasteiger partial charge in [-0.3, -0.25) is 0 Å². The zero-order valence-electron chi connectivity index (χ0n) is 14.9. The van der Waals surface area contributed by atoms with Crippen LogP contribution in [0.25, 0.3) is 0 Å². The van der Waals surface area contributed by atoms with Crippen molar-refractivity contribution in [3.05, 3.63) is 72.4 Å². The van der Waals surface area contributed by atoms with Crippen LogP contribution in [0.4, 0.5) is 0 Å². The van der Waals surface area contributed by atoms with E-state index in [2.05, 4.69) is 69.0 Å². The molecule has 0 atom stereocenters. The summed E-state index contributed by atoms with van der Waals surface area (Å²) in [7, 11) is 0. The van der Waals surface area contributed by atoms with Gasteiger partial charge < -0.3 is 0 Å². The van der Waals surface area contributed by atoms with Gasteiger partial charge in [0.15, 0.2) is 0 Å². The monoisotopic (exact) mass is 286 g/mol. The molecule has 0 bridgehead atoms. The zero-order chi connectivity index (χ0) is 16.5. The van der Waals surface area contributed by atoms with Crippen molar-refractivity contribution in [1.82, 2.24) is 0 Å². The van der Waals surface area contributed by atoms with Gasteiger partial charge in [0.1, 0.15) is 0 Å². The van der Waals surface area contributed by atoms with E-state index in [1.54, 1.807) is 0 Å². The molecule has 0 spiro atoms.